The topological polar surface area (TPSA) is 56.7 Å². The van der Waals surface area contributed by atoms with Crippen molar-refractivity contribution in [1.82, 2.24) is 15.6 Å². The summed E-state index contributed by atoms with van der Waals surface area (Å²) in [5.74, 6) is 0.716. The number of nitrogens with one attached hydrogen (secondary N) is 2. The van der Waals surface area contributed by atoms with Crippen LogP contribution in [0.15, 0.2) is 16.9 Å². The number of nitrogens with zero attached hydrogens (tertiary/aromatic N) is 2. The summed E-state index contributed by atoms with van der Waals surface area (Å²) < 4.78 is 0. The first-order chi connectivity index (χ1) is 7.63. The molecule has 16 heavy (non-hydrogen) atoms. The van der Waals surface area contributed by atoms with Crippen LogP contribution in [0.5, 0.6) is 0 Å². The lowest BCUT2D eigenvalue weighted by Crippen LogP contribution is -2.50. The number of carbonyl (C=O) groups is 1. The third-order valence-electron chi connectivity index (χ3n) is 3.18. The fourth-order valence-electron chi connectivity index (χ4n) is 2.23. The molecule has 0 aliphatic carbocycles. The zero-order chi connectivity index (χ0) is 11.7. The first-order valence-corrected chi connectivity index (χ1v) is 6.82. The molecule has 0 aromatic rings. The minimum atomic E-state index is -0.0578. The van der Waals surface area contributed by atoms with E-state index in [4.69, 9.17) is 0 Å². The smallest absolute Gasteiger partial charge is 0.274 e. The molecule has 2 aliphatic rings. The van der Waals surface area contributed by atoms with Gasteiger partial charge in [-0.25, -0.2) is 0 Å². The zero-order valence-corrected chi connectivity index (χ0v) is 11.9. The summed E-state index contributed by atoms with van der Waals surface area (Å²) in [5.41, 5.74) is 1.26. The molecule has 2 aliphatic heterocycles. The molecule has 2 rings (SSSR count). The van der Waals surface area contributed by atoms with Crippen molar-refractivity contribution in [3.8, 4) is 0 Å². The second-order valence-corrected chi connectivity index (χ2v) is 5.82. The van der Waals surface area contributed by atoms with E-state index in [1.54, 1.807) is 11.1 Å². The highest BCUT2D eigenvalue weighted by Crippen LogP contribution is 2.20. The van der Waals surface area contributed by atoms with E-state index in [-0.39, 0.29) is 11.9 Å². The van der Waals surface area contributed by atoms with Crippen molar-refractivity contribution >= 4 is 22.0 Å². The van der Waals surface area contributed by atoms with Gasteiger partial charge in [0.15, 0.2) is 0 Å². The van der Waals surface area contributed by atoms with Gasteiger partial charge in [-0.2, -0.15) is 5.10 Å². The average molecular weight is 238 g/mol. The lowest BCUT2D eigenvalue weighted by atomic mass is 10.2. The number of amidine groups is 1. The molecular weight excluding hydrogens is 220 g/mol. The lowest BCUT2D eigenvalue weighted by molar-refractivity contribution is -0.118. The van der Waals surface area contributed by atoms with E-state index in [2.05, 4.69) is 15.7 Å². The number of likely N-dealkylation sites (N-methyl/N-ethyl adjacent to an activating group) is 1. The second kappa shape index (κ2) is 4.38. The zero-order valence-electron chi connectivity index (χ0n) is 9.95. The van der Waals surface area contributed by atoms with E-state index >= 15 is 0 Å². The Morgan fingerprint density at radius 2 is 2.38 bits per heavy atom. The molecule has 1 amide bonds. The molecule has 2 N–H and O–H groups in total. The summed E-state index contributed by atoms with van der Waals surface area (Å²) in [4.78, 5) is 11.8. The summed E-state index contributed by atoms with van der Waals surface area (Å²) in [6, 6.07) is 0.233. The van der Waals surface area contributed by atoms with Crippen LogP contribution < -0.4 is 10.6 Å². The van der Waals surface area contributed by atoms with Crippen molar-refractivity contribution in [2.45, 2.75) is 24.9 Å². The molecular formula is C10H18N4OSi. The van der Waals surface area contributed by atoms with E-state index in [9.17, 15) is 4.79 Å². The molecule has 0 aromatic carbocycles. The Morgan fingerprint density at radius 1 is 1.62 bits per heavy atom. The second-order valence-electron chi connectivity index (χ2n) is 4.33. The Balaban J connectivity index is 2.21. The van der Waals surface area contributed by atoms with Crippen LogP contribution in [0.4, 0.5) is 0 Å². The summed E-state index contributed by atoms with van der Waals surface area (Å²) in [6.07, 6.45) is 2.96. The fraction of sp³-hybridized carbons (Fsp3) is 0.600. The summed E-state index contributed by atoms with van der Waals surface area (Å²) in [5, 5.41) is 12.4. The highest BCUT2D eigenvalue weighted by atomic mass is 28.1. The molecule has 0 saturated carbocycles. The first-order valence-electron chi connectivity index (χ1n) is 5.66. The predicted molar refractivity (Wildman–Crippen MR) is 67.2 cm³/mol. The van der Waals surface area contributed by atoms with Gasteiger partial charge >= 0.3 is 0 Å². The highest BCUT2D eigenvalue weighted by Gasteiger charge is 2.32. The Hall–Kier alpha value is -1.14. The van der Waals surface area contributed by atoms with Crippen LogP contribution >= 0.6 is 0 Å². The normalized spacial score (nSPS) is 33.1. The van der Waals surface area contributed by atoms with Gasteiger partial charge in [0.1, 0.15) is 11.5 Å². The minimum absolute atomic E-state index is 0.0578. The van der Waals surface area contributed by atoms with E-state index in [1.807, 2.05) is 14.0 Å². The van der Waals surface area contributed by atoms with Crippen LogP contribution in [0.3, 0.4) is 0 Å². The van der Waals surface area contributed by atoms with Gasteiger partial charge in [0, 0.05) is 17.3 Å². The molecule has 2 atom stereocenters. The van der Waals surface area contributed by atoms with E-state index < -0.39 is 0 Å². The van der Waals surface area contributed by atoms with Crippen LogP contribution in [0, 0.1) is 0 Å². The van der Waals surface area contributed by atoms with Crippen LogP contribution in [0.2, 0.25) is 5.54 Å². The number of hydrogen-bond donors (Lipinski definition) is 2. The number of allylic oxidation sites excluding steroid dienone is 1. The van der Waals surface area contributed by atoms with Gasteiger partial charge < -0.3 is 10.6 Å². The minimum Gasteiger partial charge on any atom is -0.307 e. The van der Waals surface area contributed by atoms with Gasteiger partial charge in [-0.15, -0.1) is 0 Å². The number of rotatable bonds is 1. The Bertz CT molecular complexity index is 366. The largest absolute Gasteiger partial charge is 0.307 e. The van der Waals surface area contributed by atoms with Crippen molar-refractivity contribution in [1.29, 1.82) is 0 Å². The van der Waals surface area contributed by atoms with Crippen LogP contribution in [-0.4, -0.2) is 46.6 Å². The Labute approximate surface area is 98.4 Å². The number of hydrogen-bond acceptors (Lipinski definition) is 4. The predicted octanol–water partition coefficient (Wildman–Crippen LogP) is -1.22. The van der Waals surface area contributed by atoms with Gasteiger partial charge in [-0.05, 0) is 25.4 Å². The fourth-order valence-corrected chi connectivity index (χ4v) is 3.07. The Kier molecular flexibility index (Phi) is 3.11. The van der Waals surface area contributed by atoms with Gasteiger partial charge in [-0.1, -0.05) is 6.08 Å². The summed E-state index contributed by atoms with van der Waals surface area (Å²) in [7, 11) is 2.93. The van der Waals surface area contributed by atoms with Crippen molar-refractivity contribution in [3.63, 3.8) is 0 Å². The SMILES string of the molecule is CC=C1C(=O)NC(C2NCCC2[SiH3])=NN1C. The molecule has 2 heterocycles. The quantitative estimate of drug-likeness (QED) is 0.445. The summed E-state index contributed by atoms with van der Waals surface area (Å²) in [6.45, 7) is 2.86. The molecule has 5 nitrogen and oxygen atoms in total. The third kappa shape index (κ3) is 1.90. The number of amides is 1. The molecule has 2 unspecified atom stereocenters. The van der Waals surface area contributed by atoms with Crippen molar-refractivity contribution in [2.75, 3.05) is 13.6 Å². The van der Waals surface area contributed by atoms with Crippen LogP contribution in [0.1, 0.15) is 13.3 Å². The monoisotopic (exact) mass is 238 g/mol. The maximum atomic E-state index is 11.8. The van der Waals surface area contributed by atoms with Gasteiger partial charge in [0.2, 0.25) is 0 Å². The van der Waals surface area contributed by atoms with E-state index in [1.165, 1.54) is 6.42 Å². The summed E-state index contributed by atoms with van der Waals surface area (Å²) >= 11 is 0. The maximum absolute atomic E-state index is 11.8. The standard InChI is InChI=1S/C10H18N4OSi/c1-3-6-10(15)12-9(13-14(6)2)8-7(16)4-5-11-8/h3,7-8,11H,4-5H2,1-2,16H3,(H,12,13,15). The molecule has 0 radical (unpaired) electrons. The maximum Gasteiger partial charge on any atom is 0.274 e. The van der Waals surface area contributed by atoms with Gasteiger partial charge in [0.05, 0.1) is 6.04 Å². The average Bonchev–Trinajstić information content (AvgIpc) is 2.64. The van der Waals surface area contributed by atoms with Gasteiger partial charge in [0.25, 0.3) is 5.91 Å². The number of carbonyl (C=O) groups excluding carboxylic acids is 1. The molecule has 0 bridgehead atoms. The third-order valence-corrected chi connectivity index (χ3v) is 4.43. The molecule has 6 heteroatoms. The van der Waals surface area contributed by atoms with Crippen molar-refractivity contribution in [3.05, 3.63) is 11.8 Å². The molecule has 0 spiro atoms. The van der Waals surface area contributed by atoms with Crippen LogP contribution in [0.25, 0.3) is 0 Å². The molecule has 0 aromatic heterocycles. The highest BCUT2D eigenvalue weighted by molar-refractivity contribution is 6.17. The van der Waals surface area contributed by atoms with Gasteiger partial charge in [-0.3, -0.25) is 9.80 Å². The van der Waals surface area contributed by atoms with Crippen LogP contribution in [-0.2, 0) is 4.79 Å². The molecule has 88 valence electrons. The Morgan fingerprint density at radius 3 is 2.88 bits per heavy atom. The van der Waals surface area contributed by atoms with Crippen molar-refractivity contribution < 1.29 is 4.79 Å². The van der Waals surface area contributed by atoms with E-state index in [0.29, 0.717) is 11.2 Å². The number of hydrazone groups is 1. The molecule has 1 fully saturated rings. The first kappa shape index (κ1) is 11.3. The molecule has 1 saturated heterocycles. The van der Waals surface area contributed by atoms with Crippen molar-refractivity contribution in [2.24, 2.45) is 5.10 Å². The lowest BCUT2D eigenvalue weighted by Gasteiger charge is -2.28. The van der Waals surface area contributed by atoms with E-state index in [0.717, 1.165) is 22.6 Å².